The van der Waals surface area contributed by atoms with Gasteiger partial charge in [-0.2, -0.15) is 0 Å². The van der Waals surface area contributed by atoms with E-state index in [-0.39, 0.29) is 0 Å². The van der Waals surface area contributed by atoms with E-state index in [4.69, 9.17) is 0 Å². The number of aldehydes is 1. The van der Waals surface area contributed by atoms with Crippen molar-refractivity contribution < 1.29 is 4.79 Å². The van der Waals surface area contributed by atoms with Gasteiger partial charge >= 0.3 is 0 Å². The molecular weight excluding hydrogens is 168 g/mol. The zero-order chi connectivity index (χ0) is 9.26. The molecule has 0 aliphatic rings. The topological polar surface area (TPSA) is 63.6 Å². The highest BCUT2D eigenvalue weighted by Crippen LogP contribution is 2.13. The second-order valence-corrected chi connectivity index (χ2v) is 2.65. The molecule has 0 fully saturated rings. The molecule has 0 saturated heterocycles. The lowest BCUT2D eigenvalue weighted by Crippen LogP contribution is -1.97. The molecule has 5 nitrogen and oxygen atoms in total. The average molecular weight is 176 g/mol. The third-order valence-electron chi connectivity index (χ3n) is 1.88. The largest absolute Gasteiger partial charge is 0.342 e. The van der Waals surface area contributed by atoms with Crippen LogP contribution in [0, 0.1) is 0 Å². The predicted molar refractivity (Wildman–Crippen MR) is 46.2 cm³/mol. The highest BCUT2D eigenvalue weighted by atomic mass is 16.1. The average Bonchev–Trinajstić information content (AvgIpc) is 2.72. The van der Waals surface area contributed by atoms with Crippen molar-refractivity contribution in [3.05, 3.63) is 24.4 Å². The Kier molecular flexibility index (Phi) is 1.70. The van der Waals surface area contributed by atoms with Crippen LogP contribution in [0.3, 0.4) is 0 Å². The minimum atomic E-state index is 0.546. The predicted octanol–water partition coefficient (Wildman–Crippen LogP) is 0.623. The van der Waals surface area contributed by atoms with Gasteiger partial charge in [0.15, 0.2) is 12.1 Å². The molecule has 13 heavy (non-hydrogen) atoms. The first-order valence-electron chi connectivity index (χ1n) is 3.78. The Morgan fingerprint density at radius 1 is 1.54 bits per heavy atom. The van der Waals surface area contributed by atoms with E-state index in [1.165, 1.54) is 6.20 Å². The molecular formula is C8H8N4O. The fourth-order valence-corrected chi connectivity index (χ4v) is 1.16. The number of imidazole rings is 2. The number of nitrogens with one attached hydrogen (secondary N) is 1. The summed E-state index contributed by atoms with van der Waals surface area (Å²) in [6.45, 7) is 0. The van der Waals surface area contributed by atoms with Gasteiger partial charge in [0.05, 0.1) is 18.7 Å². The Morgan fingerprint density at radius 2 is 2.38 bits per heavy atom. The van der Waals surface area contributed by atoms with Crippen LogP contribution in [0.4, 0.5) is 0 Å². The number of aromatic amines is 1. The van der Waals surface area contributed by atoms with E-state index in [9.17, 15) is 4.79 Å². The van der Waals surface area contributed by atoms with Crippen molar-refractivity contribution in [2.24, 2.45) is 7.05 Å². The number of hydrogen-bond donors (Lipinski definition) is 1. The van der Waals surface area contributed by atoms with E-state index in [1.54, 1.807) is 24.1 Å². The van der Waals surface area contributed by atoms with Gasteiger partial charge in [0, 0.05) is 7.05 Å². The van der Waals surface area contributed by atoms with Crippen LogP contribution >= 0.6 is 0 Å². The smallest absolute Gasteiger partial charge is 0.168 e. The van der Waals surface area contributed by atoms with Gasteiger partial charge in [-0.05, 0) is 0 Å². The number of rotatable bonds is 2. The molecule has 0 unspecified atom stereocenters. The normalized spacial score (nSPS) is 10.2. The molecule has 0 aromatic carbocycles. The van der Waals surface area contributed by atoms with E-state index in [0.29, 0.717) is 11.5 Å². The molecule has 0 saturated carbocycles. The Morgan fingerprint density at radius 3 is 2.92 bits per heavy atom. The summed E-state index contributed by atoms with van der Waals surface area (Å²) in [4.78, 5) is 21.4. The number of nitrogens with zero attached hydrogens (tertiary/aromatic N) is 3. The lowest BCUT2D eigenvalue weighted by Gasteiger charge is -1.98. The van der Waals surface area contributed by atoms with Crippen LogP contribution in [0.25, 0.3) is 11.5 Å². The fraction of sp³-hybridized carbons (Fsp3) is 0.125. The van der Waals surface area contributed by atoms with E-state index in [0.717, 1.165) is 12.0 Å². The molecule has 0 aliphatic carbocycles. The van der Waals surface area contributed by atoms with Crippen LogP contribution in [-0.4, -0.2) is 25.8 Å². The van der Waals surface area contributed by atoms with E-state index in [1.807, 2.05) is 0 Å². The molecule has 2 aromatic heterocycles. The molecule has 0 bridgehead atoms. The van der Waals surface area contributed by atoms with Gasteiger partial charge in [0.25, 0.3) is 0 Å². The van der Waals surface area contributed by atoms with E-state index in [2.05, 4.69) is 15.0 Å². The van der Waals surface area contributed by atoms with Crippen LogP contribution < -0.4 is 0 Å². The van der Waals surface area contributed by atoms with Crippen molar-refractivity contribution >= 4 is 6.29 Å². The molecule has 2 aromatic rings. The van der Waals surface area contributed by atoms with Gasteiger partial charge in [0.2, 0.25) is 0 Å². The SMILES string of the molecule is Cn1c(C=O)cnc1-c1cnc[nH]1. The Bertz CT molecular complexity index is 415. The van der Waals surface area contributed by atoms with Crippen molar-refractivity contribution in [2.45, 2.75) is 0 Å². The number of carbonyl (C=O) groups is 1. The summed E-state index contributed by atoms with van der Waals surface area (Å²) in [5.74, 6) is 0.708. The Labute approximate surface area is 74.4 Å². The molecule has 0 amide bonds. The van der Waals surface area contributed by atoms with Gasteiger partial charge in [-0.15, -0.1) is 0 Å². The minimum absolute atomic E-state index is 0.546. The second-order valence-electron chi connectivity index (χ2n) is 2.65. The zero-order valence-corrected chi connectivity index (χ0v) is 7.06. The van der Waals surface area contributed by atoms with Gasteiger partial charge in [-0.25, -0.2) is 9.97 Å². The summed E-state index contributed by atoms with van der Waals surface area (Å²) in [5.41, 5.74) is 1.35. The van der Waals surface area contributed by atoms with Crippen LogP contribution in [0.2, 0.25) is 0 Å². The number of hydrogen-bond acceptors (Lipinski definition) is 3. The highest BCUT2D eigenvalue weighted by molar-refractivity contribution is 5.73. The summed E-state index contributed by atoms with van der Waals surface area (Å²) in [7, 11) is 1.78. The number of aromatic nitrogens is 4. The quantitative estimate of drug-likeness (QED) is 0.682. The highest BCUT2D eigenvalue weighted by Gasteiger charge is 2.08. The van der Waals surface area contributed by atoms with Crippen LogP contribution in [0.5, 0.6) is 0 Å². The molecule has 66 valence electrons. The number of H-pyrrole nitrogens is 1. The van der Waals surface area contributed by atoms with Crippen molar-refractivity contribution in [1.82, 2.24) is 19.5 Å². The minimum Gasteiger partial charge on any atom is -0.342 e. The summed E-state index contributed by atoms with van der Waals surface area (Å²) in [6, 6.07) is 0. The third-order valence-corrected chi connectivity index (χ3v) is 1.88. The maximum Gasteiger partial charge on any atom is 0.168 e. The fourth-order valence-electron chi connectivity index (χ4n) is 1.16. The molecule has 0 spiro atoms. The van der Waals surface area contributed by atoms with Gasteiger partial charge in [-0.1, -0.05) is 0 Å². The lowest BCUT2D eigenvalue weighted by molar-refractivity contribution is 0.111. The maximum atomic E-state index is 10.5. The standard InChI is InChI=1S/C8H8N4O/c1-12-6(4-13)2-10-8(12)7-3-9-5-11-7/h2-5H,1H3,(H,9,11). The monoisotopic (exact) mass is 176 g/mol. The van der Waals surface area contributed by atoms with Crippen LogP contribution in [0.1, 0.15) is 10.5 Å². The molecule has 0 atom stereocenters. The van der Waals surface area contributed by atoms with Crippen molar-refractivity contribution in [2.75, 3.05) is 0 Å². The second kappa shape index (κ2) is 2.85. The molecule has 0 radical (unpaired) electrons. The molecule has 2 rings (SSSR count). The van der Waals surface area contributed by atoms with E-state index >= 15 is 0 Å². The number of carbonyl (C=O) groups excluding carboxylic acids is 1. The Balaban J connectivity index is 2.53. The molecule has 0 aliphatic heterocycles. The maximum absolute atomic E-state index is 10.5. The van der Waals surface area contributed by atoms with Crippen molar-refractivity contribution in [1.29, 1.82) is 0 Å². The lowest BCUT2D eigenvalue weighted by atomic mass is 10.4. The summed E-state index contributed by atoms with van der Waals surface area (Å²) in [5, 5.41) is 0. The van der Waals surface area contributed by atoms with Crippen LogP contribution in [-0.2, 0) is 7.05 Å². The first-order valence-corrected chi connectivity index (χ1v) is 3.78. The first-order chi connectivity index (χ1) is 6.33. The third kappa shape index (κ3) is 1.14. The Hall–Kier alpha value is -1.91. The summed E-state index contributed by atoms with van der Waals surface area (Å²) >= 11 is 0. The van der Waals surface area contributed by atoms with Gasteiger partial charge in [-0.3, -0.25) is 4.79 Å². The molecule has 1 N–H and O–H groups in total. The summed E-state index contributed by atoms with van der Waals surface area (Å²) in [6.07, 6.45) is 5.54. The zero-order valence-electron chi connectivity index (χ0n) is 7.06. The summed E-state index contributed by atoms with van der Waals surface area (Å²) < 4.78 is 1.71. The van der Waals surface area contributed by atoms with Crippen molar-refractivity contribution in [3.8, 4) is 11.5 Å². The molecule has 5 heteroatoms. The molecule has 2 heterocycles. The van der Waals surface area contributed by atoms with Crippen LogP contribution in [0.15, 0.2) is 18.7 Å². The first kappa shape index (κ1) is 7.72. The van der Waals surface area contributed by atoms with Gasteiger partial charge in [0.1, 0.15) is 11.4 Å². The van der Waals surface area contributed by atoms with Crippen molar-refractivity contribution in [3.63, 3.8) is 0 Å². The van der Waals surface area contributed by atoms with E-state index < -0.39 is 0 Å². The van der Waals surface area contributed by atoms with Gasteiger partial charge < -0.3 is 9.55 Å².